The number of aromatic nitrogens is 1. The molecule has 5 atom stereocenters. The second kappa shape index (κ2) is 21.5. The van der Waals surface area contributed by atoms with E-state index in [1.54, 1.807) is 34.8 Å². The Hall–Kier alpha value is -5.40. The highest BCUT2D eigenvalue weighted by Gasteiger charge is 2.45. The summed E-state index contributed by atoms with van der Waals surface area (Å²) in [6.45, 7) is 11.9. The molecule has 368 valence electrons. The van der Waals surface area contributed by atoms with Crippen molar-refractivity contribution in [2.24, 2.45) is 5.41 Å². The molecular formula is C53H59BrN6O8S2. The summed E-state index contributed by atoms with van der Waals surface area (Å²) in [5.74, 6) is 1.25. The van der Waals surface area contributed by atoms with Gasteiger partial charge in [0, 0.05) is 72.3 Å². The molecule has 3 fully saturated rings. The number of nitrogens with one attached hydrogen (secondary N) is 2. The lowest BCUT2D eigenvalue weighted by Crippen LogP contribution is -2.58. The Morgan fingerprint density at radius 3 is 2.20 bits per heavy atom. The molecule has 70 heavy (non-hydrogen) atoms. The minimum absolute atomic E-state index is 0.00393. The quantitative estimate of drug-likeness (QED) is 0.0613. The SMILES string of the molecule is Cc1ncsc1-c1ccc(CNC(=O)[C@@H]2C[C@@H](O)CN2C(=O)[C@@H](NC(=O)COCCN2C[C@@H]3C[C@H]2CN3CCOc2ccc(Oc3c(-c4ccc(Br)cc4)sc4cc(O)ccc34)cc2)C(C)(C)C)cc1. The summed E-state index contributed by atoms with van der Waals surface area (Å²) < 4.78 is 20.5. The number of β-amino-alcohol motifs (C(OH)–C–C–N with tert-alkyl or cyclic N) is 1. The molecule has 0 spiro atoms. The van der Waals surface area contributed by atoms with Crippen molar-refractivity contribution in [1.29, 1.82) is 0 Å². The maximum absolute atomic E-state index is 14.1. The molecule has 0 radical (unpaired) electrons. The zero-order valence-corrected chi connectivity index (χ0v) is 42.9. The maximum atomic E-state index is 14.1. The van der Waals surface area contributed by atoms with Gasteiger partial charge in [0.05, 0.1) is 33.7 Å². The fourth-order valence-corrected chi connectivity index (χ4v) is 11.9. The van der Waals surface area contributed by atoms with Crippen LogP contribution in [0.1, 0.15) is 44.9 Å². The second-order valence-electron chi connectivity index (χ2n) is 19.4. The molecule has 3 saturated heterocycles. The van der Waals surface area contributed by atoms with E-state index >= 15 is 0 Å². The molecule has 2 aromatic heterocycles. The Morgan fingerprint density at radius 2 is 1.53 bits per heavy atom. The average molecular weight is 1050 g/mol. The first-order valence-corrected chi connectivity index (χ1v) is 26.2. The molecule has 17 heteroatoms. The Kier molecular flexibility index (Phi) is 15.2. The first kappa shape index (κ1) is 49.6. The lowest BCUT2D eigenvalue weighted by atomic mass is 9.85. The number of hydrogen-bond acceptors (Lipinski definition) is 13. The minimum Gasteiger partial charge on any atom is -0.508 e. The molecule has 0 unspecified atom stereocenters. The summed E-state index contributed by atoms with van der Waals surface area (Å²) in [6, 6.07) is 28.1. The van der Waals surface area contributed by atoms with Gasteiger partial charge in [-0.3, -0.25) is 24.2 Å². The van der Waals surface area contributed by atoms with Crippen LogP contribution in [0.5, 0.6) is 23.0 Å². The first-order chi connectivity index (χ1) is 33.7. The number of aliphatic hydroxyl groups excluding tert-OH is 1. The molecule has 3 aliphatic heterocycles. The van der Waals surface area contributed by atoms with E-state index in [2.05, 4.69) is 41.3 Å². The third-order valence-corrected chi connectivity index (χ3v) is 16.0. The van der Waals surface area contributed by atoms with E-state index in [0.29, 0.717) is 37.6 Å². The molecule has 3 amide bonds. The number of likely N-dealkylation sites (tertiary alicyclic amines) is 3. The number of thiazole rings is 1. The van der Waals surface area contributed by atoms with Crippen LogP contribution in [0.4, 0.5) is 0 Å². The fraction of sp³-hybridized carbons (Fsp3) is 0.396. The van der Waals surface area contributed by atoms with Crippen LogP contribution in [0.3, 0.4) is 0 Å². The van der Waals surface area contributed by atoms with E-state index in [-0.39, 0.29) is 37.8 Å². The summed E-state index contributed by atoms with van der Waals surface area (Å²) in [4.78, 5) is 53.6. The van der Waals surface area contributed by atoms with Gasteiger partial charge in [0.25, 0.3) is 0 Å². The number of aromatic hydroxyl groups is 1. The number of amides is 3. The van der Waals surface area contributed by atoms with Crippen LogP contribution >= 0.6 is 38.6 Å². The summed E-state index contributed by atoms with van der Waals surface area (Å²) in [6.07, 6.45) is 0.333. The molecule has 0 aliphatic carbocycles. The minimum atomic E-state index is -0.934. The van der Waals surface area contributed by atoms with E-state index in [1.165, 1.54) is 4.90 Å². The molecule has 4 N–H and O–H groups in total. The highest BCUT2D eigenvalue weighted by atomic mass is 79.9. The predicted molar refractivity (Wildman–Crippen MR) is 276 cm³/mol. The van der Waals surface area contributed by atoms with Gasteiger partial charge in [-0.1, -0.05) is 73.1 Å². The van der Waals surface area contributed by atoms with Crippen molar-refractivity contribution in [3.05, 3.63) is 112 Å². The summed E-state index contributed by atoms with van der Waals surface area (Å²) in [7, 11) is 0. The number of nitrogens with zero attached hydrogens (tertiary/aromatic N) is 4. The predicted octanol–water partition coefficient (Wildman–Crippen LogP) is 8.22. The Balaban J connectivity index is 0.692. The van der Waals surface area contributed by atoms with Gasteiger partial charge < -0.3 is 40.0 Å². The van der Waals surface area contributed by atoms with E-state index in [4.69, 9.17) is 14.2 Å². The number of phenolic OH excluding ortho intramolecular Hbond substituents is 1. The zero-order valence-electron chi connectivity index (χ0n) is 39.7. The molecule has 3 aliphatic rings. The number of hydrogen-bond donors (Lipinski definition) is 4. The smallest absolute Gasteiger partial charge is 0.246 e. The normalized spacial score (nSPS) is 19.7. The molecule has 6 aromatic rings. The number of aliphatic hydroxyl groups is 1. The van der Waals surface area contributed by atoms with Crippen LogP contribution in [0.2, 0.25) is 0 Å². The number of carbonyl (C=O) groups excluding carboxylic acids is 3. The Labute approximate surface area is 424 Å². The van der Waals surface area contributed by atoms with Crippen molar-refractivity contribution in [3.8, 4) is 43.9 Å². The molecular weight excluding hydrogens is 993 g/mol. The third-order valence-electron chi connectivity index (χ3n) is 13.4. The van der Waals surface area contributed by atoms with Crippen molar-refractivity contribution >= 4 is 66.4 Å². The van der Waals surface area contributed by atoms with Crippen LogP contribution in [0, 0.1) is 12.3 Å². The standard InChI is InChI=1S/C53H59BrN6O8S2/c1-32-48(69-31-56-32)34-7-5-33(6-8-34)26-55-51(64)44-24-40(62)29-60(44)52(65)50(53(2,3)4)57-46(63)30-66-21-19-58-27-38-23-37(58)28-59(38)20-22-67-41-14-16-42(17-15-41)68-47-43-18-13-39(61)25-45(43)70-49(47)35-9-11-36(54)12-10-35/h5-18,25,31,37-38,40,44,50,61-62H,19-24,26-30H2,1-4H3,(H,55,64)(H,57,63)/t37-,38-,40+,44-,50+/m0/s1. The van der Waals surface area contributed by atoms with Gasteiger partial charge in [0.1, 0.15) is 42.5 Å². The lowest BCUT2D eigenvalue weighted by Gasteiger charge is -2.35. The molecule has 9 rings (SSSR count). The van der Waals surface area contributed by atoms with E-state index in [1.807, 2.05) is 112 Å². The average Bonchev–Trinajstić information content (AvgIpc) is 4.19. The Bertz CT molecular complexity index is 2800. The molecule has 2 bridgehead atoms. The van der Waals surface area contributed by atoms with Crippen LogP contribution in [-0.2, 0) is 25.7 Å². The number of ether oxygens (including phenoxy) is 3. The molecule has 4 aromatic carbocycles. The van der Waals surface area contributed by atoms with Crippen molar-refractivity contribution < 1.29 is 38.8 Å². The van der Waals surface area contributed by atoms with Crippen LogP contribution in [0.15, 0.2) is 101 Å². The van der Waals surface area contributed by atoms with Gasteiger partial charge in [-0.05, 0) is 90.0 Å². The number of carbonyl (C=O) groups is 3. The summed E-state index contributed by atoms with van der Waals surface area (Å²) in [5.41, 5.74) is 5.11. The number of aryl methyl sites for hydroxylation is 1. The van der Waals surface area contributed by atoms with Crippen molar-refractivity contribution in [3.63, 3.8) is 0 Å². The number of piperazine rings is 1. The Morgan fingerprint density at radius 1 is 0.857 bits per heavy atom. The zero-order chi connectivity index (χ0) is 49.1. The molecule has 0 saturated carbocycles. The number of rotatable bonds is 18. The van der Waals surface area contributed by atoms with Gasteiger partial charge >= 0.3 is 0 Å². The van der Waals surface area contributed by atoms with Crippen LogP contribution in [0.25, 0.3) is 31.0 Å². The number of phenols is 1. The molecule has 14 nitrogen and oxygen atoms in total. The van der Waals surface area contributed by atoms with Gasteiger partial charge in [-0.15, -0.1) is 22.7 Å². The van der Waals surface area contributed by atoms with Gasteiger partial charge in [-0.2, -0.15) is 0 Å². The van der Waals surface area contributed by atoms with E-state index in [9.17, 15) is 24.6 Å². The van der Waals surface area contributed by atoms with Gasteiger partial charge in [0.2, 0.25) is 17.7 Å². The first-order valence-electron chi connectivity index (χ1n) is 23.7. The van der Waals surface area contributed by atoms with Crippen molar-refractivity contribution in [1.82, 2.24) is 30.3 Å². The van der Waals surface area contributed by atoms with Gasteiger partial charge in [0.15, 0.2) is 5.75 Å². The molecule has 5 heterocycles. The van der Waals surface area contributed by atoms with Crippen LogP contribution < -0.4 is 20.1 Å². The highest BCUT2D eigenvalue weighted by molar-refractivity contribution is 9.10. The van der Waals surface area contributed by atoms with Crippen molar-refractivity contribution in [2.45, 2.75) is 77.4 Å². The van der Waals surface area contributed by atoms with Gasteiger partial charge in [-0.25, -0.2) is 4.98 Å². The second-order valence-corrected chi connectivity index (χ2v) is 22.2. The monoisotopic (exact) mass is 1050 g/mol. The highest BCUT2D eigenvalue weighted by Crippen LogP contribution is 2.47. The fourth-order valence-electron chi connectivity index (χ4n) is 9.67. The third kappa shape index (κ3) is 11.5. The maximum Gasteiger partial charge on any atom is 0.246 e. The largest absolute Gasteiger partial charge is 0.508 e. The number of halogens is 1. The lowest BCUT2D eigenvalue weighted by molar-refractivity contribution is -0.144. The topological polar surface area (TPSA) is 166 Å². The number of benzene rings is 4. The summed E-state index contributed by atoms with van der Waals surface area (Å²) >= 11 is 6.69. The van der Waals surface area contributed by atoms with E-state index < -0.39 is 35.4 Å². The number of thiophene rings is 1. The number of fused-ring (bicyclic) bond motifs is 3. The van der Waals surface area contributed by atoms with Crippen LogP contribution in [-0.4, -0.2) is 130 Å². The van der Waals surface area contributed by atoms with Crippen molar-refractivity contribution in [2.75, 3.05) is 52.5 Å². The van der Waals surface area contributed by atoms with E-state index in [0.717, 1.165) is 84.3 Å². The summed E-state index contributed by atoms with van der Waals surface area (Å²) in [5, 5.41) is 27.5.